The Labute approximate surface area is 534 Å². The number of fused-ring (bicyclic) bond motifs is 20. The molecule has 0 radical (unpaired) electrons. The van der Waals surface area contributed by atoms with E-state index in [9.17, 15) is 0 Å². The number of rotatable bonds is 5. The van der Waals surface area contributed by atoms with Crippen LogP contribution in [0.1, 0.15) is 11.1 Å². The van der Waals surface area contributed by atoms with Crippen LogP contribution in [0.25, 0.3) is 168 Å². The molecule has 7 nitrogen and oxygen atoms in total. The summed E-state index contributed by atoms with van der Waals surface area (Å²) in [6, 6.07) is 96.6. The number of halogens is 1. The molecule has 20 rings (SSSR count). The van der Waals surface area contributed by atoms with Crippen LogP contribution in [0, 0.1) is 0 Å². The van der Waals surface area contributed by atoms with E-state index in [1.54, 1.807) is 0 Å². The molecule has 1 aliphatic rings. The van der Waals surface area contributed by atoms with Crippen molar-refractivity contribution in [1.82, 2.24) is 24.5 Å². The number of hydrogen-bond acceptors (Lipinski definition) is 8. The summed E-state index contributed by atoms with van der Waals surface area (Å²) in [5.74, 6) is 1.36. The highest BCUT2D eigenvalue weighted by Gasteiger charge is 2.24. The van der Waals surface area contributed by atoms with Gasteiger partial charge in [0.2, 0.25) is 0 Å². The summed E-state index contributed by atoms with van der Waals surface area (Å²) >= 11 is 9.81. The maximum absolute atomic E-state index is 6.40. The van der Waals surface area contributed by atoms with Crippen LogP contribution in [0.15, 0.2) is 288 Å². The Balaban J connectivity index is 0.000000112. The summed E-state index contributed by atoms with van der Waals surface area (Å²) in [6.45, 7) is 0. The Kier molecular flexibility index (Phi) is 12.6. The molecule has 0 fully saturated rings. The fourth-order valence-corrected chi connectivity index (χ4v) is 15.7. The summed E-state index contributed by atoms with van der Waals surface area (Å²) in [4.78, 5) is 19.7. The number of nitrogens with zero attached hydrogens (tertiary/aromatic N) is 5. The highest BCUT2D eigenvalue weighted by molar-refractivity contribution is 7.26. The minimum absolute atomic E-state index is 0.676. The van der Waals surface area contributed by atoms with Crippen molar-refractivity contribution in [3.05, 3.63) is 295 Å². The Morgan fingerprint density at radius 3 is 1.45 bits per heavy atom. The van der Waals surface area contributed by atoms with Gasteiger partial charge in [-0.1, -0.05) is 212 Å². The number of para-hydroxylation sites is 3. The molecule has 0 N–H and O–H groups in total. The zero-order chi connectivity index (χ0) is 60.1. The van der Waals surface area contributed by atoms with Crippen molar-refractivity contribution in [2.24, 2.45) is 0 Å². The molecule has 0 spiro atoms. The summed E-state index contributed by atoms with van der Waals surface area (Å²) in [5.41, 5.74) is 19.4. The maximum Gasteiger partial charge on any atom is 0.180 e. The van der Waals surface area contributed by atoms with Gasteiger partial charge in [-0.3, -0.25) is 0 Å². The van der Waals surface area contributed by atoms with Crippen molar-refractivity contribution >= 4 is 141 Å². The molecule has 7 heterocycles. The second kappa shape index (κ2) is 21.6. The van der Waals surface area contributed by atoms with Gasteiger partial charge in [0.05, 0.1) is 11.0 Å². The molecule has 1 aliphatic carbocycles. The van der Waals surface area contributed by atoms with Gasteiger partial charge in [0.25, 0.3) is 0 Å². The average Bonchev–Trinajstić information content (AvgIpc) is 1.60. The minimum atomic E-state index is 0.676. The van der Waals surface area contributed by atoms with Crippen molar-refractivity contribution in [3.63, 3.8) is 0 Å². The maximum atomic E-state index is 6.40. The SMILES string of the molecule is Clc1ccc(-c2nc(-c3ccccc3)nc3c2oc2ccccc23)cc1.c1ccc(-c2nc(-c3ccc(-n4c5ccccc5c5ccc6sc7ccccc7c6c54)cc3)c3oc4ccccc4c3n2)cc1.c1ccc2c(c1)Cc1c-2ccc2sc3ccccc3c12. The first kappa shape index (κ1) is 53.0. The molecule has 12 aromatic carbocycles. The van der Waals surface area contributed by atoms with Crippen molar-refractivity contribution in [2.45, 2.75) is 6.42 Å². The standard InChI is InChI=1S/C40H23N3OS.C22H13ClN2O.C19H12S/c1-2-10-25(11-3-1)40-41-36(39-37(42-40)29-13-5-8-16-32(29)44-39)24-18-20-26(21-19-24)43-31-15-7-4-12-27(31)28-22-23-34-35(38(28)43)30-14-6-9-17-33(30)45-34;23-16-12-10-14(11-13-16)19-21-20(17-8-4-5-9-18(17)26-21)25-22(24-19)15-6-2-1-3-7-15;1-2-6-13-12(5-1)11-16-14(13)9-10-18-19(16)15-7-3-4-8-17(15)20-18/h1-23H;1-13H;1-10H,11H2. The number of hydrogen-bond donors (Lipinski definition) is 0. The lowest BCUT2D eigenvalue weighted by Gasteiger charge is -2.11. The van der Waals surface area contributed by atoms with Crippen LogP contribution in [0.4, 0.5) is 0 Å². The van der Waals surface area contributed by atoms with Crippen molar-refractivity contribution in [2.75, 3.05) is 0 Å². The molecule has 428 valence electrons. The fourth-order valence-electron chi connectivity index (χ4n) is 13.4. The predicted octanol–water partition coefficient (Wildman–Crippen LogP) is 23.2. The number of aromatic nitrogens is 5. The van der Waals surface area contributed by atoms with E-state index in [1.165, 1.54) is 84.4 Å². The molecule has 0 bridgehead atoms. The second-order valence-electron chi connectivity index (χ2n) is 22.8. The van der Waals surface area contributed by atoms with Gasteiger partial charge < -0.3 is 13.4 Å². The van der Waals surface area contributed by atoms with E-state index < -0.39 is 0 Å². The Bertz CT molecular complexity index is 6070. The van der Waals surface area contributed by atoms with Gasteiger partial charge in [0.15, 0.2) is 22.8 Å². The van der Waals surface area contributed by atoms with Crippen LogP contribution in [-0.4, -0.2) is 24.5 Å². The summed E-state index contributed by atoms with van der Waals surface area (Å²) in [6.07, 6.45) is 1.07. The molecule has 0 saturated heterocycles. The van der Waals surface area contributed by atoms with E-state index in [4.69, 9.17) is 40.4 Å². The van der Waals surface area contributed by atoms with Crippen LogP contribution in [0.2, 0.25) is 5.02 Å². The smallest absolute Gasteiger partial charge is 0.180 e. The minimum Gasteiger partial charge on any atom is -0.452 e. The number of furan rings is 2. The van der Waals surface area contributed by atoms with E-state index in [1.807, 2.05) is 150 Å². The molecule has 0 unspecified atom stereocenters. The molecule has 0 atom stereocenters. The molecule has 7 aromatic heterocycles. The van der Waals surface area contributed by atoms with Gasteiger partial charge in [-0.05, 0) is 108 Å². The molecule has 0 amide bonds. The highest BCUT2D eigenvalue weighted by atomic mass is 35.5. The Morgan fingerprint density at radius 1 is 0.352 bits per heavy atom. The second-order valence-corrected chi connectivity index (χ2v) is 25.4. The van der Waals surface area contributed by atoms with Crippen LogP contribution in [0.5, 0.6) is 0 Å². The quantitative estimate of drug-likeness (QED) is 0.171. The van der Waals surface area contributed by atoms with Gasteiger partial charge >= 0.3 is 0 Å². The summed E-state index contributed by atoms with van der Waals surface area (Å²) < 4.78 is 20.3. The predicted molar refractivity (Wildman–Crippen MR) is 380 cm³/mol. The zero-order valence-corrected chi connectivity index (χ0v) is 50.9. The molecule has 0 aliphatic heterocycles. The molecular formula is C81H48ClN5O2S2. The largest absolute Gasteiger partial charge is 0.452 e. The van der Waals surface area contributed by atoms with Crippen molar-refractivity contribution < 1.29 is 8.83 Å². The van der Waals surface area contributed by atoms with E-state index in [2.05, 4.69) is 156 Å². The lowest BCUT2D eigenvalue weighted by Crippen LogP contribution is -1.96. The first-order valence-electron chi connectivity index (χ1n) is 30.2. The van der Waals surface area contributed by atoms with Gasteiger partial charge in [0.1, 0.15) is 33.6 Å². The third-order valence-corrected chi connectivity index (χ3v) is 20.0. The Morgan fingerprint density at radius 2 is 0.835 bits per heavy atom. The molecule has 19 aromatic rings. The highest BCUT2D eigenvalue weighted by Crippen LogP contribution is 2.47. The van der Waals surface area contributed by atoms with E-state index in [-0.39, 0.29) is 0 Å². The van der Waals surface area contributed by atoms with Gasteiger partial charge in [0, 0.05) is 94.9 Å². The fraction of sp³-hybridized carbons (Fsp3) is 0.0123. The van der Waals surface area contributed by atoms with E-state index in [0.717, 1.165) is 78.7 Å². The third-order valence-electron chi connectivity index (χ3n) is 17.5. The van der Waals surface area contributed by atoms with Crippen LogP contribution in [0.3, 0.4) is 0 Å². The van der Waals surface area contributed by atoms with E-state index in [0.29, 0.717) is 27.8 Å². The zero-order valence-electron chi connectivity index (χ0n) is 48.5. The van der Waals surface area contributed by atoms with Crippen molar-refractivity contribution in [1.29, 1.82) is 0 Å². The molecular weight excluding hydrogens is 1170 g/mol. The normalized spacial score (nSPS) is 12.0. The molecule has 91 heavy (non-hydrogen) atoms. The third kappa shape index (κ3) is 8.91. The lowest BCUT2D eigenvalue weighted by atomic mass is 10.0. The van der Waals surface area contributed by atoms with Gasteiger partial charge in [-0.25, -0.2) is 19.9 Å². The van der Waals surface area contributed by atoms with Gasteiger partial charge in [-0.2, -0.15) is 0 Å². The number of benzene rings is 12. The lowest BCUT2D eigenvalue weighted by molar-refractivity contribution is 0.667. The topological polar surface area (TPSA) is 82.8 Å². The monoisotopic (exact) mass is 1220 g/mol. The van der Waals surface area contributed by atoms with Crippen LogP contribution < -0.4 is 0 Å². The molecule has 0 saturated carbocycles. The first-order chi connectivity index (χ1) is 45.0. The first-order valence-corrected chi connectivity index (χ1v) is 32.2. The summed E-state index contributed by atoms with van der Waals surface area (Å²) in [5, 5.41) is 10.7. The average molecular weight is 1220 g/mol. The Hall–Kier alpha value is -11.1. The van der Waals surface area contributed by atoms with Gasteiger partial charge in [-0.15, -0.1) is 22.7 Å². The van der Waals surface area contributed by atoms with E-state index >= 15 is 0 Å². The number of thiophene rings is 2. The summed E-state index contributed by atoms with van der Waals surface area (Å²) in [7, 11) is 0. The molecule has 10 heteroatoms. The van der Waals surface area contributed by atoms with Crippen LogP contribution >= 0.6 is 34.3 Å². The van der Waals surface area contributed by atoms with Crippen LogP contribution in [-0.2, 0) is 6.42 Å². The van der Waals surface area contributed by atoms with Crippen molar-refractivity contribution in [3.8, 4) is 62.1 Å².